The Bertz CT molecular complexity index is 81.0. The molecule has 1 atom stereocenters. The van der Waals surface area contributed by atoms with Crippen LogP contribution in [0.15, 0.2) is 0 Å². The molecule has 1 unspecified atom stereocenters. The molecule has 48 valence electrons. The summed E-state index contributed by atoms with van der Waals surface area (Å²) in [6, 6.07) is 0. The second kappa shape index (κ2) is 1.92. The molecule has 2 heteroatoms. The van der Waals surface area contributed by atoms with Gasteiger partial charge in [-0.1, -0.05) is 0 Å². The maximum absolute atomic E-state index is 2.25. The summed E-state index contributed by atoms with van der Waals surface area (Å²) in [4.78, 5) is 0. The van der Waals surface area contributed by atoms with Crippen LogP contribution >= 0.6 is 11.8 Å². The van der Waals surface area contributed by atoms with Gasteiger partial charge in [0.1, 0.15) is 0 Å². The van der Waals surface area contributed by atoms with E-state index >= 15 is 0 Å². The van der Waals surface area contributed by atoms with Gasteiger partial charge in [-0.05, 0) is 0 Å². The number of hydrogen-bond donors (Lipinski definition) is 0. The van der Waals surface area contributed by atoms with Crippen molar-refractivity contribution in [3.63, 3.8) is 0 Å². The van der Waals surface area contributed by atoms with Crippen molar-refractivity contribution in [2.45, 2.75) is 5.25 Å². The van der Waals surface area contributed by atoms with Crippen LogP contribution in [0.3, 0.4) is 0 Å². The standard InChI is InChI=1S/C6H14NS/c1-7(2,3)4-6-5-8-6/h6H,4-5H2,1-3H3/q+1. The highest BCUT2D eigenvalue weighted by molar-refractivity contribution is 8.06. The molecule has 1 fully saturated rings. The Balaban J connectivity index is 2.16. The third-order valence-corrected chi connectivity index (χ3v) is 2.11. The van der Waals surface area contributed by atoms with Gasteiger partial charge < -0.3 is 4.48 Å². The molecule has 0 N–H and O–H groups in total. The van der Waals surface area contributed by atoms with Crippen molar-refractivity contribution < 1.29 is 4.48 Å². The lowest BCUT2D eigenvalue weighted by atomic mass is 10.4. The smallest absolute Gasteiger partial charge is 0.0909 e. The highest BCUT2D eigenvalue weighted by atomic mass is 32.2. The monoisotopic (exact) mass is 132 g/mol. The first-order valence-electron chi connectivity index (χ1n) is 3.00. The summed E-state index contributed by atoms with van der Waals surface area (Å²) in [5.41, 5.74) is 0. The number of rotatable bonds is 2. The minimum Gasteiger partial charge on any atom is -0.330 e. The Kier molecular flexibility index (Phi) is 1.54. The molecular formula is C6H14NS+. The second-order valence-corrected chi connectivity index (χ2v) is 4.76. The molecule has 8 heavy (non-hydrogen) atoms. The van der Waals surface area contributed by atoms with Crippen LogP contribution in [-0.4, -0.2) is 43.2 Å². The van der Waals surface area contributed by atoms with Gasteiger partial charge in [0, 0.05) is 5.75 Å². The van der Waals surface area contributed by atoms with E-state index in [0.29, 0.717) is 0 Å². The Morgan fingerprint density at radius 3 is 2.12 bits per heavy atom. The van der Waals surface area contributed by atoms with E-state index < -0.39 is 0 Å². The van der Waals surface area contributed by atoms with Crippen molar-refractivity contribution >= 4 is 11.8 Å². The molecule has 0 aromatic rings. The van der Waals surface area contributed by atoms with E-state index in [1.807, 2.05) is 0 Å². The quantitative estimate of drug-likeness (QED) is 0.396. The molecule has 0 aromatic carbocycles. The van der Waals surface area contributed by atoms with Gasteiger partial charge >= 0.3 is 0 Å². The number of thioether (sulfide) groups is 1. The van der Waals surface area contributed by atoms with Crippen molar-refractivity contribution in [3.8, 4) is 0 Å². The first-order valence-corrected chi connectivity index (χ1v) is 4.05. The molecule has 0 saturated carbocycles. The average molecular weight is 132 g/mol. The summed E-state index contributed by atoms with van der Waals surface area (Å²) in [5.74, 6) is 1.40. The van der Waals surface area contributed by atoms with Crippen LogP contribution in [0, 0.1) is 0 Å². The molecule has 0 aromatic heterocycles. The number of hydrogen-bond acceptors (Lipinski definition) is 1. The van der Waals surface area contributed by atoms with E-state index in [1.54, 1.807) is 0 Å². The van der Waals surface area contributed by atoms with E-state index in [0.717, 1.165) is 9.73 Å². The second-order valence-electron chi connectivity index (χ2n) is 3.43. The van der Waals surface area contributed by atoms with E-state index in [9.17, 15) is 0 Å². The van der Waals surface area contributed by atoms with Crippen LogP contribution < -0.4 is 0 Å². The molecular weight excluding hydrogens is 118 g/mol. The van der Waals surface area contributed by atoms with Gasteiger partial charge in [-0.15, -0.1) is 0 Å². The lowest BCUT2D eigenvalue weighted by Crippen LogP contribution is -2.37. The van der Waals surface area contributed by atoms with E-state index in [1.165, 1.54) is 12.3 Å². The SMILES string of the molecule is C[N+](C)(C)CC1CS1. The average Bonchev–Trinajstić information content (AvgIpc) is 2.12. The fraction of sp³-hybridized carbons (Fsp3) is 1.00. The van der Waals surface area contributed by atoms with Crippen LogP contribution in [0.25, 0.3) is 0 Å². The molecule has 0 amide bonds. The van der Waals surface area contributed by atoms with Gasteiger partial charge in [0.2, 0.25) is 0 Å². The number of quaternary nitrogens is 1. The van der Waals surface area contributed by atoms with Crippen LogP contribution in [0.1, 0.15) is 0 Å². The largest absolute Gasteiger partial charge is 0.330 e. The topological polar surface area (TPSA) is 0 Å². The minimum atomic E-state index is 0.981. The molecule has 1 aliphatic heterocycles. The summed E-state index contributed by atoms with van der Waals surface area (Å²) >= 11 is 2.08. The predicted molar refractivity (Wildman–Crippen MR) is 39.1 cm³/mol. The molecule has 1 heterocycles. The third-order valence-electron chi connectivity index (χ3n) is 1.15. The fourth-order valence-corrected chi connectivity index (χ4v) is 1.58. The Morgan fingerprint density at radius 2 is 2.00 bits per heavy atom. The number of nitrogens with zero attached hydrogens (tertiary/aromatic N) is 1. The molecule has 0 spiro atoms. The summed E-state index contributed by atoms with van der Waals surface area (Å²) in [7, 11) is 6.75. The maximum Gasteiger partial charge on any atom is 0.0909 e. The normalized spacial score (nSPS) is 28.1. The van der Waals surface area contributed by atoms with Gasteiger partial charge in [-0.25, -0.2) is 0 Å². The van der Waals surface area contributed by atoms with Gasteiger partial charge in [0.25, 0.3) is 0 Å². The highest BCUT2D eigenvalue weighted by Crippen LogP contribution is 2.31. The van der Waals surface area contributed by atoms with Gasteiger partial charge in [0.15, 0.2) is 0 Å². The molecule has 0 bridgehead atoms. The fourth-order valence-electron chi connectivity index (χ4n) is 0.784. The molecule has 1 nitrogen and oxygen atoms in total. The lowest BCUT2D eigenvalue weighted by Gasteiger charge is -2.22. The highest BCUT2D eigenvalue weighted by Gasteiger charge is 2.28. The van der Waals surface area contributed by atoms with Gasteiger partial charge in [-0.2, -0.15) is 11.8 Å². The molecule has 1 aliphatic rings. The zero-order valence-electron chi connectivity index (χ0n) is 5.85. The zero-order chi connectivity index (χ0) is 6.20. The van der Waals surface area contributed by atoms with E-state index in [2.05, 4.69) is 32.9 Å². The van der Waals surface area contributed by atoms with Crippen molar-refractivity contribution in [2.24, 2.45) is 0 Å². The van der Waals surface area contributed by atoms with Crippen molar-refractivity contribution in [1.29, 1.82) is 0 Å². The Morgan fingerprint density at radius 1 is 1.50 bits per heavy atom. The van der Waals surface area contributed by atoms with Crippen LogP contribution in [0.2, 0.25) is 0 Å². The predicted octanol–water partition coefficient (Wildman–Crippen LogP) is 0.808. The Labute approximate surface area is 55.7 Å². The van der Waals surface area contributed by atoms with E-state index in [-0.39, 0.29) is 0 Å². The summed E-state index contributed by atoms with van der Waals surface area (Å²) in [5, 5.41) is 0.981. The minimum absolute atomic E-state index is 0.981. The summed E-state index contributed by atoms with van der Waals surface area (Å²) < 4.78 is 1.12. The van der Waals surface area contributed by atoms with Gasteiger partial charge in [-0.3, -0.25) is 0 Å². The van der Waals surface area contributed by atoms with E-state index in [4.69, 9.17) is 0 Å². The zero-order valence-corrected chi connectivity index (χ0v) is 6.66. The maximum atomic E-state index is 2.25. The first kappa shape index (κ1) is 6.43. The first-order chi connectivity index (χ1) is 3.58. The molecule has 1 rings (SSSR count). The molecule has 1 saturated heterocycles. The third kappa shape index (κ3) is 2.58. The van der Waals surface area contributed by atoms with Crippen LogP contribution in [0.4, 0.5) is 0 Å². The molecule has 0 radical (unpaired) electrons. The van der Waals surface area contributed by atoms with Gasteiger partial charge in [0.05, 0.1) is 32.9 Å². The summed E-state index contributed by atoms with van der Waals surface area (Å²) in [6.07, 6.45) is 0. The van der Waals surface area contributed by atoms with Crippen LogP contribution in [0.5, 0.6) is 0 Å². The Hall–Kier alpha value is 0.310. The summed E-state index contributed by atoms with van der Waals surface area (Å²) in [6.45, 7) is 1.34. The van der Waals surface area contributed by atoms with Crippen molar-refractivity contribution in [3.05, 3.63) is 0 Å². The van der Waals surface area contributed by atoms with Crippen molar-refractivity contribution in [2.75, 3.05) is 33.4 Å². The molecule has 0 aliphatic carbocycles. The van der Waals surface area contributed by atoms with Crippen LogP contribution in [-0.2, 0) is 0 Å². The van der Waals surface area contributed by atoms with Crippen molar-refractivity contribution in [1.82, 2.24) is 0 Å². The lowest BCUT2D eigenvalue weighted by molar-refractivity contribution is -0.869.